The van der Waals surface area contributed by atoms with Crippen LogP contribution in [0.2, 0.25) is 0 Å². The molecule has 0 aliphatic carbocycles. The van der Waals surface area contributed by atoms with Crippen molar-refractivity contribution in [1.82, 2.24) is 25.1 Å². The van der Waals surface area contributed by atoms with Crippen LogP contribution in [-0.4, -0.2) is 64.2 Å². The molecule has 0 spiro atoms. The Morgan fingerprint density at radius 3 is 2.58 bits per heavy atom. The Labute approximate surface area is 149 Å². The molecule has 10 heteroatoms. The molecule has 1 fully saturated rings. The first-order chi connectivity index (χ1) is 12.4. The lowest BCUT2D eigenvalue weighted by Gasteiger charge is -2.17. The van der Waals surface area contributed by atoms with E-state index in [1.807, 2.05) is 0 Å². The lowest BCUT2D eigenvalue weighted by Crippen LogP contribution is -2.32. The average molecular weight is 360 g/mol. The maximum atomic E-state index is 12.9. The number of methoxy groups -OCH3 is 2. The third-order valence-electron chi connectivity index (χ3n) is 4.39. The minimum atomic E-state index is -0.564. The van der Waals surface area contributed by atoms with Crippen LogP contribution in [-0.2, 0) is 4.79 Å². The van der Waals surface area contributed by atoms with Crippen LogP contribution < -0.4 is 15.2 Å². The summed E-state index contributed by atoms with van der Waals surface area (Å²) >= 11 is 0. The lowest BCUT2D eigenvalue weighted by molar-refractivity contribution is -0.121. The highest BCUT2D eigenvalue weighted by molar-refractivity contribution is 5.97. The van der Waals surface area contributed by atoms with E-state index in [-0.39, 0.29) is 36.4 Å². The van der Waals surface area contributed by atoms with Gasteiger partial charge in [0.1, 0.15) is 11.4 Å². The standard InChI is InChI=1S/C16H20N6O4/c1-8-18-14(21-20-8)11-7-22(6-10(11)13(17)23)16(24)9-4-5-12(25-2)19-15(9)26-3/h4-5,10-11H,6-7H2,1-3H3,(H2,17,23)(H,18,20,21). The third kappa shape index (κ3) is 3.17. The first-order valence-corrected chi connectivity index (χ1v) is 8.01. The molecule has 3 heterocycles. The Morgan fingerprint density at radius 2 is 2.00 bits per heavy atom. The second-order valence-electron chi connectivity index (χ2n) is 6.01. The van der Waals surface area contributed by atoms with E-state index in [9.17, 15) is 9.59 Å². The minimum Gasteiger partial charge on any atom is -0.481 e. The van der Waals surface area contributed by atoms with Gasteiger partial charge in [-0.25, -0.2) is 4.98 Å². The highest BCUT2D eigenvalue weighted by Crippen LogP contribution is 2.32. The highest BCUT2D eigenvalue weighted by Gasteiger charge is 2.42. The van der Waals surface area contributed by atoms with Crippen molar-refractivity contribution < 1.29 is 19.1 Å². The summed E-state index contributed by atoms with van der Waals surface area (Å²) in [5, 5.41) is 6.87. The van der Waals surface area contributed by atoms with Gasteiger partial charge in [-0.1, -0.05) is 0 Å². The molecule has 26 heavy (non-hydrogen) atoms. The number of carbonyl (C=O) groups excluding carboxylic acids is 2. The largest absolute Gasteiger partial charge is 0.481 e. The van der Waals surface area contributed by atoms with E-state index >= 15 is 0 Å². The first-order valence-electron chi connectivity index (χ1n) is 8.01. The minimum absolute atomic E-state index is 0.155. The van der Waals surface area contributed by atoms with Crippen molar-refractivity contribution in [3.8, 4) is 11.8 Å². The number of pyridine rings is 1. The summed E-state index contributed by atoms with van der Waals surface area (Å²) in [6, 6.07) is 3.16. The van der Waals surface area contributed by atoms with Crippen LogP contribution in [0, 0.1) is 12.8 Å². The van der Waals surface area contributed by atoms with Crippen molar-refractivity contribution in [3.05, 3.63) is 29.3 Å². The van der Waals surface area contributed by atoms with Crippen molar-refractivity contribution in [1.29, 1.82) is 0 Å². The number of amides is 2. The van der Waals surface area contributed by atoms with Gasteiger partial charge in [-0.3, -0.25) is 14.7 Å². The van der Waals surface area contributed by atoms with Crippen molar-refractivity contribution in [2.45, 2.75) is 12.8 Å². The SMILES string of the molecule is COc1ccc(C(=O)N2CC(C(N)=O)C(c3n[nH]c(C)n3)C2)c(OC)n1. The zero-order valence-corrected chi connectivity index (χ0v) is 14.7. The Kier molecular flexibility index (Phi) is 4.74. The van der Waals surface area contributed by atoms with Crippen molar-refractivity contribution in [3.63, 3.8) is 0 Å². The van der Waals surface area contributed by atoms with Crippen molar-refractivity contribution in [2.24, 2.45) is 11.7 Å². The van der Waals surface area contributed by atoms with Crippen molar-refractivity contribution >= 4 is 11.8 Å². The quantitative estimate of drug-likeness (QED) is 0.757. The predicted octanol–water partition coefficient (Wildman–Crippen LogP) is -0.134. The van der Waals surface area contributed by atoms with Gasteiger partial charge in [0.15, 0.2) is 5.82 Å². The van der Waals surface area contributed by atoms with Crippen LogP contribution >= 0.6 is 0 Å². The molecule has 0 aromatic carbocycles. The maximum absolute atomic E-state index is 12.9. The average Bonchev–Trinajstić information content (AvgIpc) is 3.26. The molecule has 2 amide bonds. The number of hydrogen-bond donors (Lipinski definition) is 2. The van der Waals surface area contributed by atoms with Crippen molar-refractivity contribution in [2.75, 3.05) is 27.3 Å². The van der Waals surface area contributed by atoms with E-state index in [1.165, 1.54) is 19.1 Å². The molecule has 2 aromatic rings. The fourth-order valence-corrected chi connectivity index (χ4v) is 3.07. The maximum Gasteiger partial charge on any atom is 0.259 e. The number of carbonyl (C=O) groups is 2. The summed E-state index contributed by atoms with van der Waals surface area (Å²) in [5.74, 6) is -0.128. The summed E-state index contributed by atoms with van der Waals surface area (Å²) < 4.78 is 10.2. The summed E-state index contributed by atoms with van der Waals surface area (Å²) in [7, 11) is 2.90. The zero-order valence-electron chi connectivity index (χ0n) is 14.7. The molecule has 1 aliphatic rings. The molecule has 3 rings (SSSR count). The lowest BCUT2D eigenvalue weighted by atomic mass is 9.95. The number of nitrogens with two attached hydrogens (primary N) is 1. The zero-order chi connectivity index (χ0) is 18.8. The third-order valence-corrected chi connectivity index (χ3v) is 4.39. The topological polar surface area (TPSA) is 136 Å². The van der Waals surface area contributed by atoms with Gasteiger partial charge in [0, 0.05) is 19.2 Å². The number of aromatic nitrogens is 4. The van der Waals surface area contributed by atoms with E-state index in [0.29, 0.717) is 17.5 Å². The second kappa shape index (κ2) is 6.98. The van der Waals surface area contributed by atoms with Gasteiger partial charge in [-0.2, -0.15) is 10.1 Å². The predicted molar refractivity (Wildman–Crippen MR) is 89.8 cm³/mol. The molecule has 2 aromatic heterocycles. The number of nitrogens with one attached hydrogen (secondary N) is 1. The summed E-state index contributed by atoms with van der Waals surface area (Å²) in [6.07, 6.45) is 0. The Morgan fingerprint density at radius 1 is 1.23 bits per heavy atom. The highest BCUT2D eigenvalue weighted by atomic mass is 16.5. The molecule has 2 unspecified atom stereocenters. The number of primary amides is 1. The van der Waals surface area contributed by atoms with Crippen LogP contribution in [0.5, 0.6) is 11.8 Å². The molecule has 2 atom stereocenters. The van der Waals surface area contributed by atoms with Gasteiger partial charge in [-0.05, 0) is 13.0 Å². The number of H-pyrrole nitrogens is 1. The number of rotatable bonds is 5. The van der Waals surface area contributed by atoms with Crippen LogP contribution in [0.25, 0.3) is 0 Å². The molecule has 3 N–H and O–H groups in total. The monoisotopic (exact) mass is 360 g/mol. The molecule has 1 saturated heterocycles. The number of likely N-dealkylation sites (tertiary alicyclic amines) is 1. The number of aromatic amines is 1. The molecule has 0 radical (unpaired) electrons. The fourth-order valence-electron chi connectivity index (χ4n) is 3.07. The van der Waals surface area contributed by atoms with Crippen LogP contribution in [0.4, 0.5) is 0 Å². The second-order valence-corrected chi connectivity index (χ2v) is 6.01. The summed E-state index contributed by atoms with van der Waals surface area (Å²) in [5.41, 5.74) is 5.81. The number of aryl methyl sites for hydroxylation is 1. The Hall–Kier alpha value is -3.17. The molecule has 0 saturated carbocycles. The van der Waals surface area contributed by atoms with Gasteiger partial charge in [0.2, 0.25) is 17.7 Å². The molecule has 1 aliphatic heterocycles. The Bertz CT molecular complexity index is 836. The van der Waals surface area contributed by atoms with Gasteiger partial charge >= 0.3 is 0 Å². The number of hydrogen-bond acceptors (Lipinski definition) is 7. The van der Waals surface area contributed by atoms with E-state index in [0.717, 1.165) is 0 Å². The van der Waals surface area contributed by atoms with Gasteiger partial charge in [-0.15, -0.1) is 0 Å². The number of nitrogens with zero attached hydrogens (tertiary/aromatic N) is 4. The van der Waals surface area contributed by atoms with Crippen LogP contribution in [0.1, 0.15) is 27.9 Å². The van der Waals surface area contributed by atoms with E-state index in [2.05, 4.69) is 20.2 Å². The van der Waals surface area contributed by atoms with E-state index in [1.54, 1.807) is 19.1 Å². The molecule has 138 valence electrons. The van der Waals surface area contributed by atoms with Gasteiger partial charge in [0.05, 0.1) is 26.1 Å². The van der Waals surface area contributed by atoms with E-state index < -0.39 is 11.8 Å². The van der Waals surface area contributed by atoms with Crippen LogP contribution in [0.15, 0.2) is 12.1 Å². The van der Waals surface area contributed by atoms with E-state index in [4.69, 9.17) is 15.2 Å². The molecule has 10 nitrogen and oxygen atoms in total. The smallest absolute Gasteiger partial charge is 0.259 e. The summed E-state index contributed by atoms with van der Waals surface area (Å²) in [4.78, 5) is 34.8. The normalized spacial score (nSPS) is 19.4. The van der Waals surface area contributed by atoms with Crippen LogP contribution in [0.3, 0.4) is 0 Å². The molecular weight excluding hydrogens is 340 g/mol. The van der Waals surface area contributed by atoms with Gasteiger partial charge < -0.3 is 20.1 Å². The molecule has 0 bridgehead atoms. The number of ether oxygens (including phenoxy) is 2. The van der Waals surface area contributed by atoms with Gasteiger partial charge in [0.25, 0.3) is 5.91 Å². The Balaban J connectivity index is 1.88. The fraction of sp³-hybridized carbons (Fsp3) is 0.438. The molecular formula is C16H20N6O4. The first kappa shape index (κ1) is 17.6. The summed E-state index contributed by atoms with van der Waals surface area (Å²) in [6.45, 7) is 2.22.